The number of thiazole rings is 1. The van der Waals surface area contributed by atoms with Gasteiger partial charge in [-0.2, -0.15) is 0 Å². The van der Waals surface area contributed by atoms with Crippen LogP contribution in [0.3, 0.4) is 0 Å². The second-order valence-electron chi connectivity index (χ2n) is 5.84. The molecule has 21 heavy (non-hydrogen) atoms. The Morgan fingerprint density at radius 1 is 1.43 bits per heavy atom. The average Bonchev–Trinajstić information content (AvgIpc) is 2.69. The summed E-state index contributed by atoms with van der Waals surface area (Å²) in [4.78, 5) is 18.3. The molecule has 1 heterocycles. The lowest BCUT2D eigenvalue weighted by molar-refractivity contribution is 0.111. The van der Waals surface area contributed by atoms with Crippen LogP contribution in [0.2, 0.25) is 4.47 Å². The van der Waals surface area contributed by atoms with Crippen molar-refractivity contribution in [2.24, 2.45) is 0 Å². The lowest BCUT2D eigenvalue weighted by atomic mass is 10.1. The number of aromatic nitrogens is 1. The van der Waals surface area contributed by atoms with Crippen molar-refractivity contribution in [1.82, 2.24) is 9.88 Å². The normalized spacial score (nSPS) is 11.7. The van der Waals surface area contributed by atoms with Crippen molar-refractivity contribution >= 4 is 39.2 Å². The Morgan fingerprint density at radius 2 is 2.10 bits per heavy atom. The highest BCUT2D eigenvalue weighted by Crippen LogP contribution is 2.32. The zero-order valence-electron chi connectivity index (χ0n) is 12.9. The highest BCUT2D eigenvalue weighted by Gasteiger charge is 2.26. The number of ether oxygens (including phenoxy) is 1. The predicted molar refractivity (Wildman–Crippen MR) is 87.5 cm³/mol. The van der Waals surface area contributed by atoms with Crippen LogP contribution in [0.25, 0.3) is 10.2 Å². The summed E-state index contributed by atoms with van der Waals surface area (Å²) in [6.07, 6.45) is -0.348. The maximum atomic E-state index is 12.3. The number of carbonyl (C=O) groups excluding carboxylic acids is 1. The molecule has 0 saturated heterocycles. The first-order valence-corrected chi connectivity index (χ1v) is 7.98. The van der Waals surface area contributed by atoms with E-state index in [2.05, 4.69) is 4.98 Å². The zero-order chi connectivity index (χ0) is 15.8. The minimum Gasteiger partial charge on any atom is -0.410 e. The van der Waals surface area contributed by atoms with Gasteiger partial charge < -0.3 is 9.64 Å². The molecule has 0 unspecified atom stereocenters. The van der Waals surface area contributed by atoms with E-state index in [0.29, 0.717) is 16.8 Å². The van der Waals surface area contributed by atoms with Crippen LogP contribution in [0.1, 0.15) is 33.3 Å². The summed E-state index contributed by atoms with van der Waals surface area (Å²) in [6.45, 7) is 10.4. The summed E-state index contributed by atoms with van der Waals surface area (Å²) >= 11 is 7.31. The smallest absolute Gasteiger partial charge is 0.410 e. The third-order valence-electron chi connectivity index (χ3n) is 3.18. The number of fused-ring (bicyclic) bond motifs is 1. The largest absolute Gasteiger partial charge is 0.415 e. The van der Waals surface area contributed by atoms with Gasteiger partial charge in [-0.1, -0.05) is 11.6 Å². The van der Waals surface area contributed by atoms with Crippen molar-refractivity contribution in [2.45, 2.75) is 40.2 Å². The molecule has 0 spiro atoms. The Kier molecular flexibility index (Phi) is 4.44. The number of carbonyl (C=O) groups is 1. The lowest BCUT2D eigenvalue weighted by Crippen LogP contribution is -2.46. The third-order valence-corrected chi connectivity index (χ3v) is 4.29. The van der Waals surface area contributed by atoms with Crippen molar-refractivity contribution in [3.8, 4) is 5.75 Å². The maximum Gasteiger partial charge on any atom is 0.415 e. The first-order valence-electron chi connectivity index (χ1n) is 6.78. The van der Waals surface area contributed by atoms with Gasteiger partial charge in [-0.25, -0.2) is 9.78 Å². The molecule has 1 aromatic heterocycles. The van der Waals surface area contributed by atoms with Crippen molar-refractivity contribution in [1.29, 1.82) is 0 Å². The van der Waals surface area contributed by atoms with Crippen LogP contribution in [0.15, 0.2) is 12.1 Å². The van der Waals surface area contributed by atoms with Crippen molar-refractivity contribution in [2.75, 3.05) is 6.54 Å². The van der Waals surface area contributed by atoms with E-state index in [0.717, 1.165) is 15.8 Å². The van der Waals surface area contributed by atoms with Crippen LogP contribution in [0.5, 0.6) is 5.75 Å². The Hall–Kier alpha value is -1.33. The van der Waals surface area contributed by atoms with Crippen LogP contribution in [-0.2, 0) is 0 Å². The zero-order valence-corrected chi connectivity index (χ0v) is 14.4. The number of hydrogen-bond donors (Lipinski definition) is 0. The van der Waals surface area contributed by atoms with Gasteiger partial charge in [0.2, 0.25) is 0 Å². The van der Waals surface area contributed by atoms with Crippen LogP contribution >= 0.6 is 22.9 Å². The molecule has 4 nitrogen and oxygen atoms in total. The fraction of sp³-hybridized carbons (Fsp3) is 0.467. The van der Waals surface area contributed by atoms with Crippen molar-refractivity contribution in [3.63, 3.8) is 0 Å². The summed E-state index contributed by atoms with van der Waals surface area (Å²) in [7, 11) is 0. The molecule has 2 rings (SSSR count). The van der Waals surface area contributed by atoms with Crippen LogP contribution in [-0.4, -0.2) is 28.1 Å². The molecule has 0 N–H and O–H groups in total. The second kappa shape index (κ2) is 5.81. The molecule has 6 heteroatoms. The van der Waals surface area contributed by atoms with E-state index in [4.69, 9.17) is 16.3 Å². The van der Waals surface area contributed by atoms with Gasteiger partial charge in [-0.05, 0) is 46.2 Å². The highest BCUT2D eigenvalue weighted by molar-refractivity contribution is 7.22. The highest BCUT2D eigenvalue weighted by atomic mass is 35.5. The minimum atomic E-state index is -0.348. The molecular weight excluding hydrogens is 308 g/mol. The number of benzene rings is 1. The van der Waals surface area contributed by atoms with Crippen LogP contribution in [0.4, 0.5) is 4.79 Å². The summed E-state index contributed by atoms with van der Waals surface area (Å²) < 4.78 is 6.92. The molecule has 0 atom stereocenters. The van der Waals surface area contributed by atoms with Crippen molar-refractivity contribution in [3.05, 3.63) is 22.2 Å². The lowest BCUT2D eigenvalue weighted by Gasteiger charge is -2.33. The molecule has 0 bridgehead atoms. The molecule has 2 aromatic rings. The van der Waals surface area contributed by atoms with Gasteiger partial charge >= 0.3 is 6.09 Å². The standard InChI is InChI=1S/C15H19ClN2O2S/c1-6-18(15(3,4)5)14(19)20-10-7-9(2)12-11(8-10)21-13(16)17-12/h7-8H,6H2,1-5H3. The van der Waals surface area contributed by atoms with Gasteiger partial charge in [0.1, 0.15) is 5.75 Å². The molecule has 0 saturated carbocycles. The Balaban J connectivity index is 2.29. The summed E-state index contributed by atoms with van der Waals surface area (Å²) in [5.41, 5.74) is 1.52. The van der Waals surface area contributed by atoms with E-state index < -0.39 is 0 Å². The maximum absolute atomic E-state index is 12.3. The minimum absolute atomic E-state index is 0.279. The van der Waals surface area contributed by atoms with Crippen molar-refractivity contribution < 1.29 is 9.53 Å². The Bertz CT molecular complexity index is 676. The molecule has 0 aliphatic carbocycles. The number of rotatable bonds is 2. The molecule has 0 radical (unpaired) electrons. The van der Waals surface area contributed by atoms with Gasteiger partial charge in [-0.3, -0.25) is 0 Å². The van der Waals surface area contributed by atoms with Gasteiger partial charge in [0, 0.05) is 18.2 Å². The van der Waals surface area contributed by atoms with Gasteiger partial charge in [0.15, 0.2) is 4.47 Å². The predicted octanol–water partition coefficient (Wildman–Crippen LogP) is 4.88. The number of nitrogens with zero attached hydrogens (tertiary/aromatic N) is 2. The number of amides is 1. The fourth-order valence-corrected chi connectivity index (χ4v) is 3.36. The van der Waals surface area contributed by atoms with Crippen LogP contribution < -0.4 is 4.74 Å². The Labute approximate surface area is 133 Å². The SMILES string of the molecule is CCN(C(=O)Oc1cc(C)c2nc(Cl)sc2c1)C(C)(C)C. The van der Waals surface area contributed by atoms with E-state index in [1.165, 1.54) is 11.3 Å². The molecular formula is C15H19ClN2O2S. The van der Waals surface area contributed by atoms with E-state index in [1.54, 1.807) is 11.0 Å². The molecule has 0 fully saturated rings. The summed E-state index contributed by atoms with van der Waals surface area (Å²) in [5, 5.41) is 0. The first kappa shape index (κ1) is 16.0. The molecule has 0 aliphatic rings. The summed E-state index contributed by atoms with van der Waals surface area (Å²) in [6, 6.07) is 3.62. The monoisotopic (exact) mass is 326 g/mol. The number of hydrogen-bond acceptors (Lipinski definition) is 4. The van der Waals surface area contributed by atoms with E-state index in [9.17, 15) is 4.79 Å². The van der Waals surface area contributed by atoms with E-state index in [1.807, 2.05) is 40.7 Å². The van der Waals surface area contributed by atoms with Crippen LogP contribution in [0, 0.1) is 6.92 Å². The van der Waals surface area contributed by atoms with Gasteiger partial charge in [0.05, 0.1) is 10.2 Å². The quantitative estimate of drug-likeness (QED) is 0.790. The molecule has 1 amide bonds. The first-order chi connectivity index (χ1) is 9.72. The second-order valence-corrected chi connectivity index (χ2v) is 7.45. The number of halogens is 1. The van der Waals surface area contributed by atoms with E-state index in [-0.39, 0.29) is 11.6 Å². The average molecular weight is 327 g/mol. The molecule has 0 aliphatic heterocycles. The van der Waals surface area contributed by atoms with Gasteiger partial charge in [-0.15, -0.1) is 11.3 Å². The van der Waals surface area contributed by atoms with Gasteiger partial charge in [0.25, 0.3) is 0 Å². The third kappa shape index (κ3) is 3.47. The number of aryl methyl sites for hydroxylation is 1. The summed E-state index contributed by atoms with van der Waals surface area (Å²) in [5.74, 6) is 0.521. The van der Waals surface area contributed by atoms with E-state index >= 15 is 0 Å². The fourth-order valence-electron chi connectivity index (χ4n) is 2.23. The Morgan fingerprint density at radius 3 is 2.67 bits per heavy atom. The topological polar surface area (TPSA) is 42.4 Å². The molecule has 1 aromatic carbocycles. The molecule has 114 valence electrons.